The van der Waals surface area contributed by atoms with Gasteiger partial charge in [0.15, 0.2) is 0 Å². The summed E-state index contributed by atoms with van der Waals surface area (Å²) in [5.41, 5.74) is 3.06. The lowest BCUT2D eigenvalue weighted by Gasteiger charge is -2.09. The molecule has 0 bridgehead atoms. The average Bonchev–Trinajstić information content (AvgIpc) is 2.84. The number of rotatable bonds is 4. The molecule has 0 aliphatic carbocycles. The highest BCUT2D eigenvalue weighted by atomic mass is 32.1. The average molecular weight is 222 g/mol. The molecule has 0 saturated heterocycles. The van der Waals surface area contributed by atoms with E-state index in [-0.39, 0.29) is 0 Å². The molecule has 1 N–H and O–H groups in total. The molecule has 2 rings (SSSR count). The van der Waals surface area contributed by atoms with Crippen molar-refractivity contribution in [1.82, 2.24) is 20.1 Å². The van der Waals surface area contributed by atoms with E-state index in [2.05, 4.69) is 22.3 Å². The number of aromatic nitrogens is 3. The molecule has 80 valence electrons. The Morgan fingerprint density at radius 3 is 3.00 bits per heavy atom. The van der Waals surface area contributed by atoms with Gasteiger partial charge in [0, 0.05) is 42.5 Å². The van der Waals surface area contributed by atoms with E-state index in [1.165, 1.54) is 10.4 Å². The molecular weight excluding hydrogens is 208 g/mol. The Bertz CT molecular complexity index is 407. The van der Waals surface area contributed by atoms with Gasteiger partial charge in [0.05, 0.1) is 11.7 Å². The Morgan fingerprint density at radius 2 is 2.40 bits per heavy atom. The Balaban J connectivity index is 1.88. The summed E-state index contributed by atoms with van der Waals surface area (Å²) in [4.78, 5) is 5.33. The van der Waals surface area contributed by atoms with Crippen molar-refractivity contribution in [2.45, 2.75) is 19.5 Å². The van der Waals surface area contributed by atoms with Crippen LogP contribution in [0.15, 0.2) is 24.1 Å². The monoisotopic (exact) mass is 222 g/mol. The second kappa shape index (κ2) is 4.55. The van der Waals surface area contributed by atoms with Crippen molar-refractivity contribution in [3.05, 3.63) is 34.5 Å². The summed E-state index contributed by atoms with van der Waals surface area (Å²) < 4.78 is 1.81. The van der Waals surface area contributed by atoms with E-state index in [1.807, 2.05) is 35.8 Å². The molecule has 2 aromatic rings. The van der Waals surface area contributed by atoms with Crippen molar-refractivity contribution in [3.8, 4) is 0 Å². The normalized spacial score (nSPS) is 12.9. The van der Waals surface area contributed by atoms with E-state index < -0.39 is 0 Å². The summed E-state index contributed by atoms with van der Waals surface area (Å²) >= 11 is 1.68. The second-order valence-electron chi connectivity index (χ2n) is 3.53. The standard InChI is InChI=1S/C10H14N4S/c1-8(10-5-11-7-15-10)12-3-9-4-13-14(2)6-9/h4-8,12H,3H2,1-2H3. The van der Waals surface area contributed by atoms with Crippen LogP contribution in [0.1, 0.15) is 23.4 Å². The predicted molar refractivity (Wildman–Crippen MR) is 60.6 cm³/mol. The Labute approximate surface area is 93.0 Å². The number of hydrogen-bond acceptors (Lipinski definition) is 4. The van der Waals surface area contributed by atoms with E-state index in [0.717, 1.165) is 6.54 Å². The molecule has 0 aliphatic rings. The molecule has 0 amide bonds. The number of nitrogens with zero attached hydrogens (tertiary/aromatic N) is 3. The van der Waals surface area contributed by atoms with Gasteiger partial charge in [0.25, 0.3) is 0 Å². The highest BCUT2D eigenvalue weighted by Crippen LogP contribution is 2.16. The first-order valence-corrected chi connectivity index (χ1v) is 5.73. The number of hydrogen-bond donors (Lipinski definition) is 1. The SMILES string of the molecule is CC(NCc1cnn(C)c1)c1cncs1. The highest BCUT2D eigenvalue weighted by Gasteiger charge is 2.06. The Hall–Kier alpha value is -1.20. The first kappa shape index (κ1) is 10.3. The van der Waals surface area contributed by atoms with Crippen LogP contribution in [0.4, 0.5) is 0 Å². The summed E-state index contributed by atoms with van der Waals surface area (Å²) in [6, 6.07) is 0.345. The minimum absolute atomic E-state index is 0.345. The van der Waals surface area contributed by atoms with Crippen molar-refractivity contribution in [3.63, 3.8) is 0 Å². The van der Waals surface area contributed by atoms with Crippen molar-refractivity contribution >= 4 is 11.3 Å². The maximum Gasteiger partial charge on any atom is 0.0794 e. The lowest BCUT2D eigenvalue weighted by Crippen LogP contribution is -2.16. The van der Waals surface area contributed by atoms with Gasteiger partial charge in [-0.1, -0.05) is 0 Å². The van der Waals surface area contributed by atoms with Crippen LogP contribution in [0, 0.1) is 0 Å². The van der Waals surface area contributed by atoms with Crippen LogP contribution in [0.5, 0.6) is 0 Å². The predicted octanol–water partition coefficient (Wildman–Crippen LogP) is 1.73. The van der Waals surface area contributed by atoms with Crippen molar-refractivity contribution in [2.75, 3.05) is 0 Å². The zero-order chi connectivity index (χ0) is 10.7. The van der Waals surface area contributed by atoms with Crippen LogP contribution in [0.2, 0.25) is 0 Å². The summed E-state index contributed by atoms with van der Waals surface area (Å²) in [6.07, 6.45) is 5.81. The molecule has 4 nitrogen and oxygen atoms in total. The van der Waals surface area contributed by atoms with Crippen LogP contribution >= 0.6 is 11.3 Å². The van der Waals surface area contributed by atoms with Crippen molar-refractivity contribution < 1.29 is 0 Å². The largest absolute Gasteiger partial charge is 0.305 e. The van der Waals surface area contributed by atoms with Crippen LogP contribution < -0.4 is 5.32 Å². The molecule has 0 fully saturated rings. The minimum atomic E-state index is 0.345. The van der Waals surface area contributed by atoms with Gasteiger partial charge in [-0.2, -0.15) is 5.10 Å². The molecule has 0 aliphatic heterocycles. The molecule has 0 spiro atoms. The topological polar surface area (TPSA) is 42.7 Å². The third-order valence-electron chi connectivity index (χ3n) is 2.25. The van der Waals surface area contributed by atoms with Gasteiger partial charge in [0.1, 0.15) is 0 Å². The van der Waals surface area contributed by atoms with Crippen LogP contribution in [-0.2, 0) is 13.6 Å². The number of nitrogens with one attached hydrogen (secondary N) is 1. The molecular formula is C10H14N4S. The zero-order valence-electron chi connectivity index (χ0n) is 8.84. The van der Waals surface area contributed by atoms with Crippen molar-refractivity contribution in [1.29, 1.82) is 0 Å². The molecule has 2 aromatic heterocycles. The van der Waals surface area contributed by atoms with Crippen molar-refractivity contribution in [2.24, 2.45) is 7.05 Å². The fourth-order valence-corrected chi connectivity index (χ4v) is 2.03. The molecule has 0 radical (unpaired) electrons. The fourth-order valence-electron chi connectivity index (χ4n) is 1.37. The third kappa shape index (κ3) is 2.64. The molecule has 2 heterocycles. The van der Waals surface area contributed by atoms with Gasteiger partial charge < -0.3 is 5.32 Å². The quantitative estimate of drug-likeness (QED) is 0.856. The second-order valence-corrected chi connectivity index (χ2v) is 4.45. The first-order valence-electron chi connectivity index (χ1n) is 4.85. The Morgan fingerprint density at radius 1 is 1.53 bits per heavy atom. The lowest BCUT2D eigenvalue weighted by molar-refractivity contribution is 0.581. The number of thiazole rings is 1. The lowest BCUT2D eigenvalue weighted by atomic mass is 10.2. The maximum absolute atomic E-state index is 4.12. The molecule has 1 unspecified atom stereocenters. The zero-order valence-corrected chi connectivity index (χ0v) is 9.66. The minimum Gasteiger partial charge on any atom is -0.305 e. The van der Waals surface area contributed by atoms with E-state index in [0.29, 0.717) is 6.04 Å². The van der Waals surface area contributed by atoms with E-state index in [9.17, 15) is 0 Å². The summed E-state index contributed by atoms with van der Waals surface area (Å²) in [6.45, 7) is 2.98. The Kier molecular flexibility index (Phi) is 3.13. The van der Waals surface area contributed by atoms with Gasteiger partial charge in [0.2, 0.25) is 0 Å². The molecule has 0 aromatic carbocycles. The van der Waals surface area contributed by atoms with Gasteiger partial charge in [-0.25, -0.2) is 0 Å². The smallest absolute Gasteiger partial charge is 0.0794 e. The van der Waals surface area contributed by atoms with E-state index in [1.54, 1.807) is 11.3 Å². The van der Waals surface area contributed by atoms with Gasteiger partial charge in [-0.05, 0) is 6.92 Å². The fraction of sp³-hybridized carbons (Fsp3) is 0.400. The summed E-state index contributed by atoms with van der Waals surface area (Å²) in [5, 5.41) is 7.56. The highest BCUT2D eigenvalue weighted by molar-refractivity contribution is 7.09. The van der Waals surface area contributed by atoms with Crippen LogP contribution in [0.3, 0.4) is 0 Å². The van der Waals surface area contributed by atoms with Crippen LogP contribution in [0.25, 0.3) is 0 Å². The molecule has 5 heteroatoms. The molecule has 1 atom stereocenters. The summed E-state index contributed by atoms with van der Waals surface area (Å²) in [5.74, 6) is 0. The van der Waals surface area contributed by atoms with E-state index in [4.69, 9.17) is 0 Å². The third-order valence-corrected chi connectivity index (χ3v) is 3.21. The van der Waals surface area contributed by atoms with Gasteiger partial charge in [-0.3, -0.25) is 9.67 Å². The number of aryl methyl sites for hydroxylation is 1. The maximum atomic E-state index is 4.12. The first-order chi connectivity index (χ1) is 7.25. The van der Waals surface area contributed by atoms with Crippen LogP contribution in [-0.4, -0.2) is 14.8 Å². The molecule has 15 heavy (non-hydrogen) atoms. The van der Waals surface area contributed by atoms with Gasteiger partial charge in [-0.15, -0.1) is 11.3 Å². The summed E-state index contributed by atoms with van der Waals surface area (Å²) in [7, 11) is 1.93. The van der Waals surface area contributed by atoms with Gasteiger partial charge >= 0.3 is 0 Å². The van der Waals surface area contributed by atoms with E-state index >= 15 is 0 Å². The molecule has 0 saturated carbocycles.